The van der Waals surface area contributed by atoms with Gasteiger partial charge >= 0.3 is 25.7 Å². The summed E-state index contributed by atoms with van der Waals surface area (Å²) in [5, 5.41) is 9.80. The van der Waals surface area contributed by atoms with Crippen molar-refractivity contribution in [2.24, 2.45) is 0 Å². The molecule has 12 heteroatoms. The lowest BCUT2D eigenvalue weighted by atomic mass is 10.1. The van der Waals surface area contributed by atoms with Crippen LogP contribution in [0.25, 0.3) is 0 Å². The zero-order valence-corrected chi connectivity index (χ0v) is 46.9. The fourth-order valence-electron chi connectivity index (χ4n) is 6.83. The number of aliphatic hydroxyl groups is 1. The van der Waals surface area contributed by atoms with E-state index in [9.17, 15) is 28.9 Å². The molecule has 0 rings (SSSR count). The summed E-state index contributed by atoms with van der Waals surface area (Å²) in [6.45, 7) is 4.24. The molecule has 0 bridgehead atoms. The Labute approximate surface area is 449 Å². The van der Waals surface area contributed by atoms with E-state index in [0.717, 1.165) is 103 Å². The zero-order valence-electron chi connectivity index (χ0n) is 46.0. The summed E-state index contributed by atoms with van der Waals surface area (Å²) in [6.07, 6.45) is 68.6. The number of allylic oxidation sites excluding steroid dienone is 22. The third kappa shape index (κ3) is 52.5. The minimum Gasteiger partial charge on any atom is -0.462 e. The monoisotopic (exact) mass is 1050 g/mol. The lowest BCUT2D eigenvalue weighted by Gasteiger charge is -2.21. The molecular weight excluding hydrogens is 952 g/mol. The number of hydrogen-bond acceptors (Lipinski definition) is 10. The Balaban J connectivity index is 4.89. The molecule has 0 aromatic heterocycles. The Bertz CT molecular complexity index is 1750. The fourth-order valence-corrected chi connectivity index (χ4v) is 7.62. The average molecular weight is 1050 g/mol. The molecule has 74 heavy (non-hydrogen) atoms. The van der Waals surface area contributed by atoms with Gasteiger partial charge in [0, 0.05) is 19.3 Å². The molecule has 3 atom stereocenters. The Morgan fingerprint density at radius 1 is 0.392 bits per heavy atom. The number of hydrogen-bond donors (Lipinski definition) is 2. The number of unbranched alkanes of at least 4 members (excludes halogenated alkanes) is 11. The maximum atomic E-state index is 12.9. The quantitative estimate of drug-likeness (QED) is 0.0197. The van der Waals surface area contributed by atoms with Gasteiger partial charge < -0.3 is 24.2 Å². The van der Waals surface area contributed by atoms with Crippen LogP contribution in [0.2, 0.25) is 0 Å². The molecule has 0 aliphatic heterocycles. The number of aliphatic hydroxyl groups excluding tert-OH is 1. The van der Waals surface area contributed by atoms with Crippen LogP contribution in [0.1, 0.15) is 201 Å². The summed E-state index contributed by atoms with van der Waals surface area (Å²) >= 11 is 0. The highest BCUT2D eigenvalue weighted by Crippen LogP contribution is 2.43. The van der Waals surface area contributed by atoms with E-state index >= 15 is 0 Å². The normalized spacial score (nSPS) is 14.4. The first-order valence-electron chi connectivity index (χ1n) is 28.1. The molecule has 0 fully saturated rings. The van der Waals surface area contributed by atoms with Crippen molar-refractivity contribution in [3.8, 4) is 0 Å². The van der Waals surface area contributed by atoms with Gasteiger partial charge in [-0.15, -0.1) is 0 Å². The van der Waals surface area contributed by atoms with E-state index in [-0.39, 0.29) is 25.9 Å². The van der Waals surface area contributed by atoms with Gasteiger partial charge in [-0.05, 0) is 122 Å². The summed E-state index contributed by atoms with van der Waals surface area (Å²) in [7, 11) is -4.79. The van der Waals surface area contributed by atoms with Gasteiger partial charge in [-0.25, -0.2) is 4.57 Å². The van der Waals surface area contributed by atoms with Gasteiger partial charge in [0.2, 0.25) is 0 Å². The lowest BCUT2D eigenvalue weighted by molar-refractivity contribution is -0.161. The van der Waals surface area contributed by atoms with E-state index in [1.165, 1.54) is 25.7 Å². The topological polar surface area (TPSA) is 155 Å². The van der Waals surface area contributed by atoms with Crippen LogP contribution in [0.5, 0.6) is 0 Å². The van der Waals surface area contributed by atoms with Crippen molar-refractivity contribution in [2.45, 2.75) is 213 Å². The van der Waals surface area contributed by atoms with Crippen molar-refractivity contribution in [1.29, 1.82) is 0 Å². The maximum absolute atomic E-state index is 12.9. The average Bonchev–Trinajstić information content (AvgIpc) is 3.39. The molecule has 0 heterocycles. The Hall–Kier alpha value is -4.38. The highest BCUT2D eigenvalue weighted by atomic mass is 31.2. The first-order valence-corrected chi connectivity index (χ1v) is 29.6. The van der Waals surface area contributed by atoms with E-state index in [0.29, 0.717) is 32.1 Å². The molecule has 0 radical (unpaired) electrons. The van der Waals surface area contributed by atoms with Crippen molar-refractivity contribution in [1.82, 2.24) is 0 Å². The van der Waals surface area contributed by atoms with Crippen LogP contribution in [-0.2, 0) is 42.2 Å². The smallest absolute Gasteiger partial charge is 0.462 e. The molecule has 2 N–H and O–H groups in total. The third-order valence-electron chi connectivity index (χ3n) is 11.0. The number of esters is 3. The molecule has 11 nitrogen and oxygen atoms in total. The molecule has 418 valence electrons. The maximum Gasteiger partial charge on any atom is 0.472 e. The van der Waals surface area contributed by atoms with Crippen LogP contribution in [0.4, 0.5) is 0 Å². The third-order valence-corrected chi connectivity index (χ3v) is 12.0. The van der Waals surface area contributed by atoms with Crippen LogP contribution in [-0.4, -0.2) is 66.5 Å². The van der Waals surface area contributed by atoms with Crippen molar-refractivity contribution >= 4 is 25.7 Å². The largest absolute Gasteiger partial charge is 0.472 e. The minimum absolute atomic E-state index is 0.0761. The van der Waals surface area contributed by atoms with Gasteiger partial charge in [0.25, 0.3) is 0 Å². The van der Waals surface area contributed by atoms with Gasteiger partial charge in [0.15, 0.2) is 6.10 Å². The number of carbonyl (C=O) groups excluding carboxylic acids is 3. The molecule has 0 saturated carbocycles. The summed E-state index contributed by atoms with van der Waals surface area (Å²) in [4.78, 5) is 48.4. The summed E-state index contributed by atoms with van der Waals surface area (Å²) < 4.78 is 39.3. The summed E-state index contributed by atoms with van der Waals surface area (Å²) in [5.41, 5.74) is 0. The van der Waals surface area contributed by atoms with E-state index in [1.807, 2.05) is 24.3 Å². The van der Waals surface area contributed by atoms with Crippen molar-refractivity contribution in [2.75, 3.05) is 26.4 Å². The highest BCUT2D eigenvalue weighted by molar-refractivity contribution is 7.47. The van der Waals surface area contributed by atoms with E-state index in [2.05, 4.69) is 130 Å². The standard InChI is InChI=1S/C62H99O11P/c1-4-7-10-13-16-19-22-25-27-29-31-34-37-40-43-46-49-52-61(65)72-58(54-63)56-70-74(67,68)71-57-59(55-69-60(64)51-48-45-42-39-36-33-24-21-18-15-12-9-6-3)73-62(66)53-50-47-44-41-38-35-32-30-28-26-23-20-17-14-11-8-5-2/h7-8,10-11,16-17,19-21,24-28,31-32,34-35,40-41,43-44,58-59,63H,4-6,9,12-15,18,22-23,29-30,33,36-39,42,45-57H2,1-3H3,(H,67,68)/b10-7-,11-8-,19-16-,20-17-,24-21-,27-25-,28-26-,34-31-,35-32-,43-40-,44-41-. The van der Waals surface area contributed by atoms with E-state index in [4.69, 9.17) is 23.3 Å². The first kappa shape index (κ1) is 69.6. The molecule has 0 aliphatic carbocycles. The van der Waals surface area contributed by atoms with Crippen molar-refractivity contribution in [3.63, 3.8) is 0 Å². The molecule has 0 spiro atoms. The molecular formula is C62H99O11P. The van der Waals surface area contributed by atoms with Crippen LogP contribution in [0, 0.1) is 0 Å². The molecule has 0 aromatic carbocycles. The molecule has 0 aromatic rings. The number of rotatable bonds is 50. The Morgan fingerprint density at radius 2 is 0.716 bits per heavy atom. The number of ether oxygens (including phenoxy) is 3. The van der Waals surface area contributed by atoms with E-state index < -0.39 is 57.8 Å². The minimum atomic E-state index is -4.79. The second-order valence-electron chi connectivity index (χ2n) is 18.0. The lowest BCUT2D eigenvalue weighted by Crippen LogP contribution is -2.30. The molecule has 0 saturated heterocycles. The van der Waals surface area contributed by atoms with Crippen molar-refractivity contribution in [3.05, 3.63) is 134 Å². The van der Waals surface area contributed by atoms with Gasteiger partial charge in [-0.1, -0.05) is 193 Å². The SMILES string of the molecule is CC/C=C\C/C=C\C/C=C\C/C=C\C/C=C\CCCC(=O)OC(CO)COP(=O)(O)OCC(COC(=O)CCCCCCC/C=C\CCCCCC)OC(=O)CCC/C=C\C/C=C\C/C=C\C/C=C\C/C=C\CC. The second-order valence-corrected chi connectivity index (χ2v) is 19.4. The fraction of sp³-hybridized carbons (Fsp3) is 0.597. The number of phosphoric ester groups is 1. The predicted octanol–water partition coefficient (Wildman–Crippen LogP) is 16.6. The summed E-state index contributed by atoms with van der Waals surface area (Å²) in [6, 6.07) is 0. The highest BCUT2D eigenvalue weighted by Gasteiger charge is 2.28. The first-order chi connectivity index (χ1) is 36.2. The Kier molecular flexibility index (Phi) is 51.6. The number of carbonyl (C=O) groups is 3. The molecule has 0 amide bonds. The van der Waals surface area contributed by atoms with E-state index in [1.54, 1.807) is 0 Å². The van der Waals surface area contributed by atoms with Crippen LogP contribution < -0.4 is 0 Å². The Morgan fingerprint density at radius 3 is 1.14 bits per heavy atom. The van der Waals surface area contributed by atoms with Crippen LogP contribution in [0.3, 0.4) is 0 Å². The van der Waals surface area contributed by atoms with Crippen LogP contribution in [0.15, 0.2) is 134 Å². The van der Waals surface area contributed by atoms with Gasteiger partial charge in [-0.2, -0.15) is 0 Å². The molecule has 0 aliphatic rings. The zero-order chi connectivity index (χ0) is 54.1. The second kappa shape index (κ2) is 54.9. The van der Waals surface area contributed by atoms with Gasteiger partial charge in [0.05, 0.1) is 19.8 Å². The van der Waals surface area contributed by atoms with Crippen molar-refractivity contribution < 1.29 is 52.2 Å². The predicted molar refractivity (Wildman–Crippen MR) is 306 cm³/mol. The molecule has 3 unspecified atom stereocenters. The van der Waals surface area contributed by atoms with Gasteiger partial charge in [-0.3, -0.25) is 23.4 Å². The number of phosphoric acid groups is 1. The van der Waals surface area contributed by atoms with Gasteiger partial charge in [0.1, 0.15) is 12.7 Å². The van der Waals surface area contributed by atoms with Crippen LogP contribution >= 0.6 is 7.82 Å². The summed E-state index contributed by atoms with van der Waals surface area (Å²) in [5.74, 6) is -1.62.